The summed E-state index contributed by atoms with van der Waals surface area (Å²) in [7, 11) is 0. The number of nitrogens with zero attached hydrogens (tertiary/aromatic N) is 1. The van der Waals surface area contributed by atoms with E-state index in [0.717, 1.165) is 5.56 Å². The zero-order valence-electron chi connectivity index (χ0n) is 23.7. The molecule has 4 amide bonds. The number of hydrogen-bond donors (Lipinski definition) is 3. The molecule has 1 aromatic rings. The van der Waals surface area contributed by atoms with E-state index in [4.69, 9.17) is 15.2 Å². The minimum atomic E-state index is -1.15. The Balaban J connectivity index is 2.43. The fourth-order valence-electron chi connectivity index (χ4n) is 4.24. The Morgan fingerprint density at radius 3 is 2.36 bits per heavy atom. The maximum atomic E-state index is 14.1. The Kier molecular flexibility index (Phi) is 11.3. The van der Waals surface area contributed by atoms with E-state index >= 15 is 0 Å². The number of amides is 4. The molecule has 4 atom stereocenters. The van der Waals surface area contributed by atoms with Gasteiger partial charge in [-0.05, 0) is 58.9 Å². The lowest BCUT2D eigenvalue weighted by Gasteiger charge is -2.35. The molecule has 4 N–H and O–H groups in total. The van der Waals surface area contributed by atoms with E-state index in [1.807, 2.05) is 26.0 Å². The molecule has 0 heterocycles. The summed E-state index contributed by atoms with van der Waals surface area (Å²) in [6, 6.07) is 4.80. The number of primary amides is 1. The number of alkyl carbamates (subject to hydrolysis) is 1. The van der Waals surface area contributed by atoms with Crippen molar-refractivity contribution in [2.45, 2.75) is 91.0 Å². The second kappa shape index (κ2) is 14.0. The smallest absolute Gasteiger partial charge is 0.408 e. The highest BCUT2D eigenvalue weighted by Gasteiger charge is 2.48. The van der Waals surface area contributed by atoms with E-state index in [0.29, 0.717) is 12.0 Å². The predicted octanol–water partition coefficient (Wildman–Crippen LogP) is 2.50. The summed E-state index contributed by atoms with van der Waals surface area (Å²) in [6.45, 7) is 10.9. The van der Waals surface area contributed by atoms with Crippen molar-refractivity contribution in [2.75, 3.05) is 13.2 Å². The monoisotopic (exact) mass is 546 g/mol. The van der Waals surface area contributed by atoms with Crippen molar-refractivity contribution in [2.24, 2.45) is 11.7 Å². The number of nitrogens with one attached hydrogen (secondary N) is 2. The molecule has 2 rings (SSSR count). The molecule has 1 aliphatic carbocycles. The fourth-order valence-corrected chi connectivity index (χ4v) is 4.24. The van der Waals surface area contributed by atoms with Crippen LogP contribution in [0.25, 0.3) is 0 Å². The molecule has 4 unspecified atom stereocenters. The van der Waals surface area contributed by atoms with E-state index in [1.165, 1.54) is 4.90 Å². The van der Waals surface area contributed by atoms with Gasteiger partial charge in [0.2, 0.25) is 17.7 Å². The van der Waals surface area contributed by atoms with Gasteiger partial charge in [0.05, 0.1) is 13.0 Å². The van der Waals surface area contributed by atoms with Crippen molar-refractivity contribution in [1.82, 2.24) is 15.5 Å². The molecule has 39 heavy (non-hydrogen) atoms. The number of ether oxygens (including phenoxy) is 2. The molecule has 1 aromatic carbocycles. The highest BCUT2D eigenvalue weighted by Crippen LogP contribution is 2.41. The standard InChI is InChI=1S/C28H42N4O7/c1-7-38-23(34)13-14-30-25(35)24(19-10-8-9-17(2)15-19)32(21-16-18(21)3)26(36)20(11-12-22(29)33)31-27(37)39-28(4,5)6/h8-10,15,18,20-21,24H,7,11-14,16H2,1-6H3,(H2,29,33)(H,30,35)(H,31,37). The van der Waals surface area contributed by atoms with E-state index < -0.39 is 47.5 Å². The first-order valence-corrected chi connectivity index (χ1v) is 13.3. The van der Waals surface area contributed by atoms with Crippen molar-refractivity contribution in [3.63, 3.8) is 0 Å². The summed E-state index contributed by atoms with van der Waals surface area (Å²) < 4.78 is 10.3. The molecular formula is C28H42N4O7. The largest absolute Gasteiger partial charge is 0.466 e. The van der Waals surface area contributed by atoms with Crippen molar-refractivity contribution in [3.8, 4) is 0 Å². The number of carbonyl (C=O) groups is 5. The molecule has 0 saturated heterocycles. The van der Waals surface area contributed by atoms with Crippen LogP contribution in [0.4, 0.5) is 4.79 Å². The van der Waals surface area contributed by atoms with Gasteiger partial charge < -0.3 is 30.7 Å². The van der Waals surface area contributed by atoms with Crippen LogP contribution in [-0.4, -0.2) is 65.5 Å². The minimum absolute atomic E-state index is 0.0185. The number of aryl methyl sites for hydroxylation is 1. The SMILES string of the molecule is CCOC(=O)CCNC(=O)C(c1cccc(C)c1)N(C(=O)C(CCC(N)=O)NC(=O)OC(C)(C)C)C1CC1C. The Labute approximate surface area is 230 Å². The normalized spacial score (nSPS) is 17.8. The van der Waals surface area contributed by atoms with Crippen LogP contribution in [0.1, 0.15) is 77.5 Å². The summed E-state index contributed by atoms with van der Waals surface area (Å²) in [4.78, 5) is 65.2. The quantitative estimate of drug-likeness (QED) is 0.321. The third-order valence-corrected chi connectivity index (χ3v) is 6.17. The lowest BCUT2D eigenvalue weighted by Crippen LogP contribution is -2.54. The molecule has 0 aliphatic heterocycles. The molecule has 216 valence electrons. The third kappa shape index (κ3) is 10.2. The highest BCUT2D eigenvalue weighted by atomic mass is 16.6. The Morgan fingerprint density at radius 1 is 1.15 bits per heavy atom. The molecule has 1 aliphatic rings. The van der Waals surface area contributed by atoms with Gasteiger partial charge in [0.15, 0.2) is 0 Å². The molecule has 11 heteroatoms. The van der Waals surface area contributed by atoms with Gasteiger partial charge in [0.25, 0.3) is 0 Å². The van der Waals surface area contributed by atoms with Crippen molar-refractivity contribution < 1.29 is 33.4 Å². The van der Waals surface area contributed by atoms with Gasteiger partial charge in [0, 0.05) is 19.0 Å². The van der Waals surface area contributed by atoms with Crippen LogP contribution in [0.15, 0.2) is 24.3 Å². The number of nitrogens with two attached hydrogens (primary N) is 1. The first-order chi connectivity index (χ1) is 18.2. The van der Waals surface area contributed by atoms with Crippen LogP contribution in [-0.2, 0) is 28.7 Å². The minimum Gasteiger partial charge on any atom is -0.466 e. The first kappa shape index (κ1) is 31.6. The molecular weight excluding hydrogens is 504 g/mol. The van der Waals surface area contributed by atoms with E-state index in [9.17, 15) is 24.0 Å². The van der Waals surface area contributed by atoms with E-state index in [2.05, 4.69) is 10.6 Å². The zero-order valence-corrected chi connectivity index (χ0v) is 23.7. The predicted molar refractivity (Wildman–Crippen MR) is 144 cm³/mol. The average molecular weight is 547 g/mol. The van der Waals surface area contributed by atoms with Crippen LogP contribution in [0.3, 0.4) is 0 Å². The maximum Gasteiger partial charge on any atom is 0.408 e. The summed E-state index contributed by atoms with van der Waals surface area (Å²) in [5.41, 5.74) is 6.02. The summed E-state index contributed by atoms with van der Waals surface area (Å²) in [6.07, 6.45) is -0.383. The average Bonchev–Trinajstić information content (AvgIpc) is 3.54. The van der Waals surface area contributed by atoms with Crippen molar-refractivity contribution in [1.29, 1.82) is 0 Å². The Hall–Kier alpha value is -3.63. The Bertz CT molecular complexity index is 1050. The van der Waals surface area contributed by atoms with Gasteiger partial charge in [-0.3, -0.25) is 19.2 Å². The third-order valence-electron chi connectivity index (χ3n) is 6.17. The molecule has 0 spiro atoms. The van der Waals surface area contributed by atoms with Gasteiger partial charge in [-0.25, -0.2) is 4.79 Å². The van der Waals surface area contributed by atoms with Crippen LogP contribution in [0.5, 0.6) is 0 Å². The van der Waals surface area contributed by atoms with Gasteiger partial charge in [0.1, 0.15) is 17.7 Å². The number of rotatable bonds is 13. The topological polar surface area (TPSA) is 157 Å². The number of benzene rings is 1. The van der Waals surface area contributed by atoms with Gasteiger partial charge in [-0.15, -0.1) is 0 Å². The van der Waals surface area contributed by atoms with E-state index in [-0.39, 0.29) is 44.4 Å². The molecule has 1 fully saturated rings. The van der Waals surface area contributed by atoms with E-state index in [1.54, 1.807) is 39.8 Å². The maximum absolute atomic E-state index is 14.1. The van der Waals surface area contributed by atoms with Gasteiger partial charge >= 0.3 is 12.1 Å². The summed E-state index contributed by atoms with van der Waals surface area (Å²) in [5.74, 6) is -1.95. The molecule has 0 aromatic heterocycles. The van der Waals surface area contributed by atoms with Crippen LogP contribution >= 0.6 is 0 Å². The van der Waals surface area contributed by atoms with Crippen molar-refractivity contribution >= 4 is 29.8 Å². The number of esters is 1. The number of hydrogen-bond acceptors (Lipinski definition) is 7. The second-order valence-corrected chi connectivity index (χ2v) is 10.9. The number of carbonyl (C=O) groups excluding carboxylic acids is 5. The first-order valence-electron chi connectivity index (χ1n) is 13.3. The summed E-state index contributed by atoms with van der Waals surface area (Å²) >= 11 is 0. The van der Waals surface area contributed by atoms with Crippen LogP contribution in [0.2, 0.25) is 0 Å². The van der Waals surface area contributed by atoms with Crippen molar-refractivity contribution in [3.05, 3.63) is 35.4 Å². The fraction of sp³-hybridized carbons (Fsp3) is 0.607. The highest BCUT2D eigenvalue weighted by molar-refractivity contribution is 5.93. The van der Waals surface area contributed by atoms with Gasteiger partial charge in [-0.1, -0.05) is 36.8 Å². The zero-order chi connectivity index (χ0) is 29.3. The second-order valence-electron chi connectivity index (χ2n) is 10.9. The molecule has 0 bridgehead atoms. The molecule has 11 nitrogen and oxygen atoms in total. The lowest BCUT2D eigenvalue weighted by atomic mass is 9.99. The van der Waals surface area contributed by atoms with Gasteiger partial charge in [-0.2, -0.15) is 0 Å². The Morgan fingerprint density at radius 2 is 1.82 bits per heavy atom. The van der Waals surface area contributed by atoms with Crippen LogP contribution < -0.4 is 16.4 Å². The molecule has 1 saturated carbocycles. The molecule has 0 radical (unpaired) electrons. The van der Waals surface area contributed by atoms with Crippen LogP contribution in [0, 0.1) is 12.8 Å². The lowest BCUT2D eigenvalue weighted by molar-refractivity contribution is -0.145. The summed E-state index contributed by atoms with van der Waals surface area (Å²) in [5, 5.41) is 5.35.